The fourth-order valence-electron chi connectivity index (χ4n) is 1.78. The summed E-state index contributed by atoms with van der Waals surface area (Å²) in [4.78, 5) is 4.16. The summed E-state index contributed by atoms with van der Waals surface area (Å²) < 4.78 is 39.9. The highest BCUT2D eigenvalue weighted by Crippen LogP contribution is 2.24. The molecule has 2 aromatic rings. The highest BCUT2D eigenvalue weighted by molar-refractivity contribution is 5.29. The normalized spacial score (nSPS) is 13.0. The first-order chi connectivity index (χ1) is 9.44. The molecular weight excluding hydrogens is 269 g/mol. The van der Waals surface area contributed by atoms with Crippen LogP contribution >= 0.6 is 0 Å². The Morgan fingerprint density at radius 2 is 1.80 bits per heavy atom. The van der Waals surface area contributed by atoms with Crippen molar-refractivity contribution in [2.24, 2.45) is 5.73 Å². The number of pyridine rings is 1. The van der Waals surface area contributed by atoms with E-state index in [9.17, 15) is 13.2 Å². The van der Waals surface area contributed by atoms with Gasteiger partial charge >= 0.3 is 6.36 Å². The molecule has 2 N–H and O–H groups in total. The molecule has 6 heteroatoms. The molecule has 0 bridgehead atoms. The maximum atomic E-state index is 12.0. The zero-order chi connectivity index (χ0) is 14.6. The highest BCUT2D eigenvalue weighted by atomic mass is 19.4. The lowest BCUT2D eigenvalue weighted by atomic mass is 10.0. The monoisotopic (exact) mass is 282 g/mol. The van der Waals surface area contributed by atoms with Crippen molar-refractivity contribution in [1.82, 2.24) is 4.98 Å². The Kier molecular flexibility index (Phi) is 4.24. The SMILES string of the molecule is NC(Cc1ccccn1)c1ccc(OC(F)(F)F)cc1. The van der Waals surface area contributed by atoms with Gasteiger partial charge in [0.25, 0.3) is 0 Å². The van der Waals surface area contributed by atoms with Crippen LogP contribution in [0.15, 0.2) is 48.7 Å². The summed E-state index contributed by atoms with van der Waals surface area (Å²) in [5.41, 5.74) is 7.56. The predicted molar refractivity (Wildman–Crippen MR) is 68.0 cm³/mol. The Labute approximate surface area is 114 Å². The second-order valence-electron chi connectivity index (χ2n) is 4.25. The molecule has 0 aliphatic rings. The van der Waals surface area contributed by atoms with Gasteiger partial charge in [0.1, 0.15) is 5.75 Å². The van der Waals surface area contributed by atoms with Gasteiger partial charge in [-0.2, -0.15) is 0 Å². The standard InChI is InChI=1S/C14H13F3N2O/c15-14(16,17)20-12-6-4-10(5-7-12)13(18)9-11-3-1-2-8-19-11/h1-8,13H,9,18H2. The fourth-order valence-corrected chi connectivity index (χ4v) is 1.78. The van der Waals surface area contributed by atoms with Gasteiger partial charge in [0, 0.05) is 24.4 Å². The number of halogens is 3. The van der Waals surface area contributed by atoms with Crippen LogP contribution in [-0.2, 0) is 6.42 Å². The van der Waals surface area contributed by atoms with Crippen molar-refractivity contribution < 1.29 is 17.9 Å². The van der Waals surface area contributed by atoms with Crippen molar-refractivity contribution in [1.29, 1.82) is 0 Å². The average molecular weight is 282 g/mol. The topological polar surface area (TPSA) is 48.1 Å². The lowest BCUT2D eigenvalue weighted by Crippen LogP contribution is -2.17. The van der Waals surface area contributed by atoms with E-state index in [0.29, 0.717) is 6.42 Å². The Morgan fingerprint density at radius 1 is 1.10 bits per heavy atom. The molecule has 0 aliphatic heterocycles. The van der Waals surface area contributed by atoms with Crippen LogP contribution in [0.5, 0.6) is 5.75 Å². The van der Waals surface area contributed by atoms with E-state index in [0.717, 1.165) is 11.3 Å². The minimum absolute atomic E-state index is 0.258. The van der Waals surface area contributed by atoms with Gasteiger partial charge in [0.15, 0.2) is 0 Å². The van der Waals surface area contributed by atoms with Crippen LogP contribution in [0.4, 0.5) is 13.2 Å². The average Bonchev–Trinajstić information content (AvgIpc) is 2.39. The van der Waals surface area contributed by atoms with Crippen LogP contribution in [0, 0.1) is 0 Å². The van der Waals surface area contributed by atoms with E-state index < -0.39 is 6.36 Å². The van der Waals surface area contributed by atoms with Crippen LogP contribution in [-0.4, -0.2) is 11.3 Å². The molecule has 106 valence electrons. The van der Waals surface area contributed by atoms with Gasteiger partial charge in [-0.25, -0.2) is 0 Å². The number of alkyl halides is 3. The molecule has 2 rings (SSSR count). The van der Waals surface area contributed by atoms with Crippen LogP contribution in [0.2, 0.25) is 0 Å². The van der Waals surface area contributed by atoms with E-state index in [2.05, 4.69) is 9.72 Å². The zero-order valence-electron chi connectivity index (χ0n) is 10.5. The molecule has 0 fully saturated rings. The van der Waals surface area contributed by atoms with Crippen molar-refractivity contribution in [3.63, 3.8) is 0 Å². The molecule has 0 radical (unpaired) electrons. The van der Waals surface area contributed by atoms with Gasteiger partial charge in [-0.05, 0) is 29.8 Å². The summed E-state index contributed by atoms with van der Waals surface area (Å²) in [5, 5.41) is 0. The summed E-state index contributed by atoms with van der Waals surface area (Å²) >= 11 is 0. The fraction of sp³-hybridized carbons (Fsp3) is 0.214. The van der Waals surface area contributed by atoms with Crippen LogP contribution < -0.4 is 10.5 Å². The van der Waals surface area contributed by atoms with E-state index in [1.807, 2.05) is 12.1 Å². The number of hydrogen-bond acceptors (Lipinski definition) is 3. The van der Waals surface area contributed by atoms with Gasteiger partial charge in [-0.1, -0.05) is 18.2 Å². The predicted octanol–water partition coefficient (Wildman–Crippen LogP) is 3.22. The number of nitrogens with zero attached hydrogens (tertiary/aromatic N) is 1. The number of aromatic nitrogens is 1. The Bertz CT molecular complexity index is 541. The summed E-state index contributed by atoms with van der Waals surface area (Å²) in [6.45, 7) is 0. The summed E-state index contributed by atoms with van der Waals surface area (Å²) in [5.74, 6) is -0.258. The van der Waals surface area contributed by atoms with Gasteiger partial charge in [0.2, 0.25) is 0 Å². The smallest absolute Gasteiger partial charge is 0.406 e. The van der Waals surface area contributed by atoms with E-state index in [1.54, 1.807) is 12.3 Å². The Hall–Kier alpha value is -2.08. The molecule has 1 atom stereocenters. The molecule has 3 nitrogen and oxygen atoms in total. The van der Waals surface area contributed by atoms with Crippen molar-refractivity contribution >= 4 is 0 Å². The summed E-state index contributed by atoms with van der Waals surface area (Å²) in [7, 11) is 0. The molecule has 1 heterocycles. The van der Waals surface area contributed by atoms with Gasteiger partial charge in [0.05, 0.1) is 0 Å². The summed E-state index contributed by atoms with van der Waals surface area (Å²) in [6, 6.07) is 10.7. The van der Waals surface area contributed by atoms with E-state index in [-0.39, 0.29) is 11.8 Å². The van der Waals surface area contributed by atoms with E-state index >= 15 is 0 Å². The third kappa shape index (κ3) is 4.24. The number of ether oxygens (including phenoxy) is 1. The summed E-state index contributed by atoms with van der Waals surface area (Å²) in [6.07, 6.45) is -2.50. The Balaban J connectivity index is 2.02. The Morgan fingerprint density at radius 3 is 2.35 bits per heavy atom. The third-order valence-electron chi connectivity index (χ3n) is 2.70. The molecule has 0 saturated heterocycles. The second kappa shape index (κ2) is 5.92. The molecule has 1 aromatic carbocycles. The van der Waals surface area contributed by atoms with Crippen LogP contribution in [0.1, 0.15) is 17.3 Å². The second-order valence-corrected chi connectivity index (χ2v) is 4.25. The highest BCUT2D eigenvalue weighted by Gasteiger charge is 2.31. The van der Waals surface area contributed by atoms with Crippen LogP contribution in [0.3, 0.4) is 0 Å². The first-order valence-corrected chi connectivity index (χ1v) is 5.95. The van der Waals surface area contributed by atoms with Crippen molar-refractivity contribution in [3.8, 4) is 5.75 Å². The molecular formula is C14H13F3N2O. The molecule has 1 unspecified atom stereocenters. The molecule has 0 saturated carbocycles. The van der Waals surface area contributed by atoms with Gasteiger partial charge in [-0.15, -0.1) is 13.2 Å². The van der Waals surface area contributed by atoms with Crippen molar-refractivity contribution in [3.05, 3.63) is 59.9 Å². The quantitative estimate of drug-likeness (QED) is 0.936. The maximum absolute atomic E-state index is 12.0. The first-order valence-electron chi connectivity index (χ1n) is 5.95. The van der Waals surface area contributed by atoms with E-state index in [4.69, 9.17) is 5.73 Å². The van der Waals surface area contributed by atoms with Crippen molar-refractivity contribution in [2.75, 3.05) is 0 Å². The number of benzene rings is 1. The first kappa shape index (κ1) is 14.3. The van der Waals surface area contributed by atoms with Crippen LogP contribution in [0.25, 0.3) is 0 Å². The molecule has 20 heavy (non-hydrogen) atoms. The largest absolute Gasteiger partial charge is 0.573 e. The number of nitrogens with two attached hydrogens (primary N) is 1. The third-order valence-corrected chi connectivity index (χ3v) is 2.70. The molecule has 1 aromatic heterocycles. The molecule has 0 spiro atoms. The minimum atomic E-state index is -4.68. The lowest BCUT2D eigenvalue weighted by Gasteiger charge is -2.13. The maximum Gasteiger partial charge on any atom is 0.573 e. The zero-order valence-corrected chi connectivity index (χ0v) is 10.5. The van der Waals surface area contributed by atoms with E-state index in [1.165, 1.54) is 24.3 Å². The number of rotatable bonds is 4. The lowest BCUT2D eigenvalue weighted by molar-refractivity contribution is -0.274. The van der Waals surface area contributed by atoms with Crippen molar-refractivity contribution in [2.45, 2.75) is 18.8 Å². The number of hydrogen-bond donors (Lipinski definition) is 1. The van der Waals surface area contributed by atoms with Gasteiger partial charge < -0.3 is 10.5 Å². The minimum Gasteiger partial charge on any atom is -0.406 e. The van der Waals surface area contributed by atoms with Gasteiger partial charge in [-0.3, -0.25) is 4.98 Å². The molecule has 0 amide bonds. The molecule has 0 aliphatic carbocycles.